The molecule has 1 nitrogen and oxygen atoms in total. The fourth-order valence-corrected chi connectivity index (χ4v) is 2.78. The van der Waals surface area contributed by atoms with Crippen LogP contribution in [0, 0.1) is 13.8 Å². The van der Waals surface area contributed by atoms with E-state index >= 15 is 0 Å². The lowest BCUT2D eigenvalue weighted by Crippen LogP contribution is -2.05. The first-order chi connectivity index (χ1) is 7.70. The molecule has 0 saturated heterocycles. The van der Waals surface area contributed by atoms with Gasteiger partial charge in [0.25, 0.3) is 0 Å². The Balaban J connectivity index is 2.42. The van der Waals surface area contributed by atoms with Crippen LogP contribution in [-0.4, -0.2) is 7.05 Å². The monoisotopic (exact) mass is 231 g/mol. The van der Waals surface area contributed by atoms with E-state index in [2.05, 4.69) is 49.5 Å². The predicted octanol–water partition coefficient (Wildman–Crippen LogP) is 3.75. The molecule has 0 unspecified atom stereocenters. The summed E-state index contributed by atoms with van der Waals surface area (Å²) < 4.78 is 0. The maximum atomic E-state index is 3.19. The first-order valence-corrected chi connectivity index (χ1v) is 6.33. The molecule has 0 fully saturated rings. The molecule has 2 rings (SSSR count). The van der Waals surface area contributed by atoms with Crippen molar-refractivity contribution < 1.29 is 0 Å². The van der Waals surface area contributed by atoms with Crippen molar-refractivity contribution >= 4 is 11.3 Å². The Labute approximate surface area is 101 Å². The molecule has 0 aliphatic carbocycles. The van der Waals surface area contributed by atoms with Crippen LogP contribution < -0.4 is 5.32 Å². The first-order valence-electron chi connectivity index (χ1n) is 5.51. The van der Waals surface area contributed by atoms with Crippen LogP contribution in [0.2, 0.25) is 0 Å². The van der Waals surface area contributed by atoms with E-state index in [9.17, 15) is 0 Å². The third-order valence-electron chi connectivity index (χ3n) is 2.69. The van der Waals surface area contributed by atoms with Gasteiger partial charge in [0.2, 0.25) is 0 Å². The largest absolute Gasteiger partial charge is 0.316 e. The summed E-state index contributed by atoms with van der Waals surface area (Å²) in [6.45, 7) is 5.26. The van der Waals surface area contributed by atoms with Crippen LogP contribution >= 0.6 is 11.3 Å². The molecular weight excluding hydrogens is 214 g/mol. The van der Waals surface area contributed by atoms with Crippen molar-refractivity contribution in [2.24, 2.45) is 0 Å². The molecule has 2 aromatic rings. The van der Waals surface area contributed by atoms with Crippen LogP contribution in [-0.2, 0) is 6.54 Å². The van der Waals surface area contributed by atoms with Crippen LogP contribution in [0.25, 0.3) is 10.4 Å². The molecule has 1 aromatic carbocycles. The Kier molecular flexibility index (Phi) is 3.42. The van der Waals surface area contributed by atoms with E-state index in [4.69, 9.17) is 0 Å². The molecule has 16 heavy (non-hydrogen) atoms. The van der Waals surface area contributed by atoms with Crippen molar-refractivity contribution in [3.05, 3.63) is 46.3 Å². The fraction of sp³-hybridized carbons (Fsp3) is 0.286. The summed E-state index contributed by atoms with van der Waals surface area (Å²) in [4.78, 5) is 2.74. The molecule has 0 amide bonds. The van der Waals surface area contributed by atoms with E-state index in [1.807, 2.05) is 18.4 Å². The minimum Gasteiger partial charge on any atom is -0.316 e. The summed E-state index contributed by atoms with van der Waals surface area (Å²) in [5.41, 5.74) is 4.06. The molecule has 0 saturated carbocycles. The van der Waals surface area contributed by atoms with E-state index in [1.54, 1.807) is 0 Å². The van der Waals surface area contributed by atoms with E-state index in [1.165, 1.54) is 26.4 Å². The van der Waals surface area contributed by atoms with Gasteiger partial charge in [0, 0.05) is 16.3 Å². The first kappa shape index (κ1) is 11.4. The Bertz CT molecular complexity index is 485. The highest BCUT2D eigenvalue weighted by molar-refractivity contribution is 7.15. The number of rotatable bonds is 3. The van der Waals surface area contributed by atoms with Gasteiger partial charge in [0.05, 0.1) is 0 Å². The molecule has 0 aliphatic heterocycles. The zero-order valence-corrected chi connectivity index (χ0v) is 10.8. The molecule has 0 atom stereocenters. The minimum absolute atomic E-state index is 0.928. The topological polar surface area (TPSA) is 12.0 Å². The molecule has 0 radical (unpaired) electrons. The Morgan fingerprint density at radius 3 is 2.56 bits per heavy atom. The lowest BCUT2D eigenvalue weighted by molar-refractivity contribution is 0.818. The predicted molar refractivity (Wildman–Crippen MR) is 72.0 cm³/mol. The average Bonchev–Trinajstić information content (AvgIpc) is 2.68. The highest BCUT2D eigenvalue weighted by Gasteiger charge is 2.05. The number of nitrogens with one attached hydrogen (secondary N) is 1. The number of hydrogen-bond acceptors (Lipinski definition) is 2. The van der Waals surface area contributed by atoms with Crippen LogP contribution in [0.5, 0.6) is 0 Å². The van der Waals surface area contributed by atoms with Gasteiger partial charge in [-0.15, -0.1) is 11.3 Å². The lowest BCUT2D eigenvalue weighted by atomic mass is 10.0. The SMILES string of the molecule is CNCc1ccc(C)c(-c2ccc(C)s2)c1. The normalized spacial score (nSPS) is 10.7. The minimum atomic E-state index is 0.928. The standard InChI is InChI=1S/C14H17NS/c1-10-4-6-12(9-15-3)8-13(10)14-7-5-11(2)16-14/h4-8,15H,9H2,1-3H3. The molecule has 0 bridgehead atoms. The second-order valence-corrected chi connectivity index (χ2v) is 5.38. The third-order valence-corrected chi connectivity index (χ3v) is 3.72. The van der Waals surface area contributed by atoms with E-state index < -0.39 is 0 Å². The van der Waals surface area contributed by atoms with Crippen molar-refractivity contribution in [1.82, 2.24) is 5.32 Å². The second-order valence-electron chi connectivity index (χ2n) is 4.09. The lowest BCUT2D eigenvalue weighted by Gasteiger charge is -2.07. The van der Waals surface area contributed by atoms with E-state index in [0.717, 1.165) is 6.54 Å². The number of hydrogen-bond donors (Lipinski definition) is 1. The van der Waals surface area contributed by atoms with Crippen molar-refractivity contribution in [2.45, 2.75) is 20.4 Å². The number of aryl methyl sites for hydroxylation is 2. The average molecular weight is 231 g/mol. The van der Waals surface area contributed by atoms with Crippen molar-refractivity contribution in [3.63, 3.8) is 0 Å². The summed E-state index contributed by atoms with van der Waals surface area (Å²) in [7, 11) is 1.98. The van der Waals surface area contributed by atoms with Gasteiger partial charge < -0.3 is 5.32 Å². The highest BCUT2D eigenvalue weighted by atomic mass is 32.1. The molecule has 0 aliphatic rings. The van der Waals surface area contributed by atoms with Crippen LogP contribution in [0.1, 0.15) is 16.0 Å². The zero-order valence-electron chi connectivity index (χ0n) is 10.0. The van der Waals surface area contributed by atoms with Gasteiger partial charge in [-0.05, 0) is 55.8 Å². The molecular formula is C14H17NS. The van der Waals surface area contributed by atoms with Crippen molar-refractivity contribution in [3.8, 4) is 10.4 Å². The van der Waals surface area contributed by atoms with Crippen molar-refractivity contribution in [1.29, 1.82) is 0 Å². The highest BCUT2D eigenvalue weighted by Crippen LogP contribution is 2.30. The summed E-state index contributed by atoms with van der Waals surface area (Å²) >= 11 is 1.86. The van der Waals surface area contributed by atoms with Crippen LogP contribution in [0.3, 0.4) is 0 Å². The maximum absolute atomic E-state index is 3.19. The van der Waals surface area contributed by atoms with E-state index in [-0.39, 0.29) is 0 Å². The molecule has 2 heteroatoms. The Morgan fingerprint density at radius 1 is 1.12 bits per heavy atom. The third kappa shape index (κ3) is 2.34. The molecule has 1 heterocycles. The quantitative estimate of drug-likeness (QED) is 0.848. The Hall–Kier alpha value is -1.12. The number of thiophene rings is 1. The fourth-order valence-electron chi connectivity index (χ4n) is 1.83. The van der Waals surface area contributed by atoms with Gasteiger partial charge in [0.15, 0.2) is 0 Å². The zero-order chi connectivity index (χ0) is 11.5. The maximum Gasteiger partial charge on any atom is 0.0348 e. The smallest absolute Gasteiger partial charge is 0.0348 e. The summed E-state index contributed by atoms with van der Waals surface area (Å²) in [6.07, 6.45) is 0. The summed E-state index contributed by atoms with van der Waals surface area (Å²) in [6, 6.07) is 11.1. The van der Waals surface area contributed by atoms with Gasteiger partial charge in [-0.1, -0.05) is 12.1 Å². The second kappa shape index (κ2) is 4.81. The summed E-state index contributed by atoms with van der Waals surface area (Å²) in [5, 5.41) is 3.19. The van der Waals surface area contributed by atoms with Crippen LogP contribution in [0.15, 0.2) is 30.3 Å². The van der Waals surface area contributed by atoms with E-state index in [0.29, 0.717) is 0 Å². The Morgan fingerprint density at radius 2 is 1.94 bits per heavy atom. The van der Waals surface area contributed by atoms with Gasteiger partial charge >= 0.3 is 0 Å². The van der Waals surface area contributed by atoms with Crippen LogP contribution in [0.4, 0.5) is 0 Å². The molecule has 84 valence electrons. The summed E-state index contributed by atoms with van der Waals surface area (Å²) in [5.74, 6) is 0. The van der Waals surface area contributed by atoms with Gasteiger partial charge in [-0.25, -0.2) is 0 Å². The molecule has 1 N–H and O–H groups in total. The van der Waals surface area contributed by atoms with Crippen molar-refractivity contribution in [2.75, 3.05) is 7.05 Å². The van der Waals surface area contributed by atoms with Gasteiger partial charge in [-0.2, -0.15) is 0 Å². The number of benzene rings is 1. The molecule has 1 aromatic heterocycles. The molecule has 0 spiro atoms. The van der Waals surface area contributed by atoms with Gasteiger partial charge in [-0.3, -0.25) is 0 Å². The van der Waals surface area contributed by atoms with Gasteiger partial charge in [0.1, 0.15) is 0 Å².